The third-order valence-electron chi connectivity index (χ3n) is 3.14. The lowest BCUT2D eigenvalue weighted by Crippen LogP contribution is -2.01. The summed E-state index contributed by atoms with van der Waals surface area (Å²) >= 11 is 5.29. The molecule has 0 unspecified atom stereocenters. The molecular weight excluding hydrogens is 272 g/mol. The summed E-state index contributed by atoms with van der Waals surface area (Å²) < 4.78 is 5.52. The molecule has 0 radical (unpaired) electrons. The molecule has 0 saturated heterocycles. The summed E-state index contributed by atoms with van der Waals surface area (Å²) in [4.78, 5) is 3.15. The first-order valence-electron chi connectivity index (χ1n) is 6.03. The third-order valence-corrected chi connectivity index (χ3v) is 3.59. The molecule has 0 fully saturated rings. The largest absolute Gasteiger partial charge is 0.497 e. The predicted octanol–water partition coefficient (Wildman–Crippen LogP) is 3.09. The molecule has 0 amide bonds. The quantitative estimate of drug-likeness (QED) is 0.851. The number of aromatic nitrogens is 1. The van der Waals surface area contributed by atoms with Crippen molar-refractivity contribution in [3.05, 3.63) is 45.6 Å². The smallest absolute Gasteiger partial charge is 0.118 e. The molecule has 1 heterocycles. The van der Waals surface area contributed by atoms with Crippen LogP contribution in [0.15, 0.2) is 24.3 Å². The van der Waals surface area contributed by atoms with E-state index in [1.807, 2.05) is 24.3 Å². The van der Waals surface area contributed by atoms with Crippen LogP contribution in [-0.4, -0.2) is 17.2 Å². The number of rotatable bonds is 3. The van der Waals surface area contributed by atoms with Gasteiger partial charge in [-0.05, 0) is 36.8 Å². The van der Waals surface area contributed by atoms with E-state index in [0.717, 1.165) is 17.0 Å². The zero-order valence-electron chi connectivity index (χ0n) is 11.2. The lowest BCUT2D eigenvalue weighted by atomic mass is 10.0. The van der Waals surface area contributed by atoms with Crippen molar-refractivity contribution in [2.24, 2.45) is 0 Å². The van der Waals surface area contributed by atoms with Crippen LogP contribution in [-0.2, 0) is 6.61 Å². The molecule has 5 heteroatoms. The number of aliphatic hydroxyl groups excluding tert-OH is 1. The molecular formula is C15H14N2O2S. The van der Waals surface area contributed by atoms with Gasteiger partial charge >= 0.3 is 0 Å². The Hall–Kier alpha value is -2.16. The molecule has 2 aromatic rings. The number of benzene rings is 1. The predicted molar refractivity (Wildman–Crippen MR) is 79.0 cm³/mol. The highest BCUT2D eigenvalue weighted by molar-refractivity contribution is 7.71. The van der Waals surface area contributed by atoms with E-state index in [9.17, 15) is 5.11 Å². The highest BCUT2D eigenvalue weighted by Crippen LogP contribution is 2.27. The second kappa shape index (κ2) is 5.87. The minimum absolute atomic E-state index is 0.217. The summed E-state index contributed by atoms with van der Waals surface area (Å²) in [6, 6.07) is 9.50. The molecule has 0 spiro atoms. The number of aryl methyl sites for hydroxylation is 1. The molecule has 2 N–H and O–H groups in total. The van der Waals surface area contributed by atoms with Crippen LogP contribution in [0.25, 0.3) is 11.3 Å². The fraction of sp³-hybridized carbons (Fsp3) is 0.200. The molecule has 1 aromatic carbocycles. The fourth-order valence-corrected chi connectivity index (χ4v) is 2.42. The van der Waals surface area contributed by atoms with Crippen LogP contribution in [0.2, 0.25) is 0 Å². The summed E-state index contributed by atoms with van der Waals surface area (Å²) in [5.74, 6) is 0.753. The number of aromatic amines is 1. The second-order valence-corrected chi connectivity index (χ2v) is 4.71. The Bertz CT molecular complexity index is 727. The number of nitrogens with one attached hydrogen (secondary N) is 1. The van der Waals surface area contributed by atoms with Crippen molar-refractivity contribution in [1.29, 1.82) is 5.26 Å². The zero-order chi connectivity index (χ0) is 14.7. The second-order valence-electron chi connectivity index (χ2n) is 4.31. The van der Waals surface area contributed by atoms with E-state index in [0.29, 0.717) is 21.3 Å². The van der Waals surface area contributed by atoms with Crippen LogP contribution in [0.5, 0.6) is 5.75 Å². The summed E-state index contributed by atoms with van der Waals surface area (Å²) in [5, 5.41) is 18.7. The lowest BCUT2D eigenvalue weighted by molar-refractivity contribution is 0.281. The van der Waals surface area contributed by atoms with Gasteiger partial charge in [-0.1, -0.05) is 12.2 Å². The summed E-state index contributed by atoms with van der Waals surface area (Å²) in [5.41, 5.74) is 3.28. The van der Waals surface area contributed by atoms with Crippen LogP contribution in [0.3, 0.4) is 0 Å². The van der Waals surface area contributed by atoms with Crippen molar-refractivity contribution in [2.75, 3.05) is 7.11 Å². The maximum Gasteiger partial charge on any atom is 0.118 e. The Labute approximate surface area is 122 Å². The number of methoxy groups -OCH3 is 1. The molecule has 0 bridgehead atoms. The van der Waals surface area contributed by atoms with Gasteiger partial charge in [0.15, 0.2) is 0 Å². The number of hydrogen-bond donors (Lipinski definition) is 2. The number of aliphatic hydroxyl groups is 1. The van der Waals surface area contributed by atoms with Crippen molar-refractivity contribution in [3.63, 3.8) is 0 Å². The molecule has 4 nitrogen and oxygen atoms in total. The summed E-state index contributed by atoms with van der Waals surface area (Å²) in [6.07, 6.45) is 0. The van der Waals surface area contributed by atoms with E-state index in [1.165, 1.54) is 0 Å². The monoisotopic (exact) mass is 286 g/mol. The van der Waals surface area contributed by atoms with Crippen LogP contribution >= 0.6 is 12.2 Å². The fourth-order valence-electron chi connectivity index (χ4n) is 2.05. The van der Waals surface area contributed by atoms with Crippen LogP contribution in [0.4, 0.5) is 0 Å². The molecule has 0 aliphatic rings. The number of H-pyrrole nitrogens is 1. The molecule has 20 heavy (non-hydrogen) atoms. The van der Waals surface area contributed by atoms with Crippen molar-refractivity contribution < 1.29 is 9.84 Å². The Balaban J connectivity index is 2.67. The minimum Gasteiger partial charge on any atom is -0.497 e. The maximum absolute atomic E-state index is 9.55. The van der Waals surface area contributed by atoms with Gasteiger partial charge in [0.2, 0.25) is 0 Å². The highest BCUT2D eigenvalue weighted by Gasteiger charge is 2.12. The van der Waals surface area contributed by atoms with Gasteiger partial charge in [0.05, 0.1) is 29.5 Å². The van der Waals surface area contributed by atoms with Gasteiger partial charge in [-0.3, -0.25) is 0 Å². The third kappa shape index (κ3) is 2.44. The topological polar surface area (TPSA) is 69.0 Å². The average Bonchev–Trinajstić information content (AvgIpc) is 2.47. The van der Waals surface area contributed by atoms with E-state index in [4.69, 9.17) is 22.2 Å². The van der Waals surface area contributed by atoms with E-state index >= 15 is 0 Å². The van der Waals surface area contributed by atoms with E-state index < -0.39 is 0 Å². The van der Waals surface area contributed by atoms with Crippen molar-refractivity contribution in [2.45, 2.75) is 13.5 Å². The van der Waals surface area contributed by atoms with Crippen LogP contribution < -0.4 is 4.74 Å². The highest BCUT2D eigenvalue weighted by atomic mass is 32.1. The Morgan fingerprint density at radius 1 is 1.35 bits per heavy atom. The molecule has 0 saturated carbocycles. The van der Waals surface area contributed by atoms with Gasteiger partial charge in [0.25, 0.3) is 0 Å². The number of nitrogens with zero attached hydrogens (tertiary/aromatic N) is 1. The van der Waals surface area contributed by atoms with Crippen molar-refractivity contribution >= 4 is 12.2 Å². The number of nitriles is 1. The Kier molecular flexibility index (Phi) is 4.18. The zero-order valence-corrected chi connectivity index (χ0v) is 12.0. The average molecular weight is 286 g/mol. The first kappa shape index (κ1) is 14.3. The number of pyridine rings is 1. The minimum atomic E-state index is -0.217. The van der Waals surface area contributed by atoms with Gasteiger partial charge in [0.1, 0.15) is 11.8 Å². The molecule has 0 aliphatic carbocycles. The van der Waals surface area contributed by atoms with E-state index in [-0.39, 0.29) is 6.61 Å². The maximum atomic E-state index is 9.55. The van der Waals surface area contributed by atoms with Crippen molar-refractivity contribution in [1.82, 2.24) is 4.98 Å². The van der Waals surface area contributed by atoms with Gasteiger partial charge in [0, 0.05) is 11.3 Å². The Morgan fingerprint density at radius 2 is 2.00 bits per heavy atom. The molecule has 0 atom stereocenters. The SMILES string of the molecule is COc1ccc(-c2[nH]c(C)c(C#N)c(=S)c2CO)cc1. The summed E-state index contributed by atoms with van der Waals surface area (Å²) in [6.45, 7) is 1.58. The molecule has 0 aliphatic heterocycles. The Morgan fingerprint density at radius 3 is 2.50 bits per heavy atom. The number of hydrogen-bond acceptors (Lipinski definition) is 4. The van der Waals surface area contributed by atoms with Gasteiger partial charge in [-0.2, -0.15) is 5.26 Å². The lowest BCUT2D eigenvalue weighted by Gasteiger charge is -2.12. The van der Waals surface area contributed by atoms with E-state index in [2.05, 4.69) is 11.1 Å². The van der Waals surface area contributed by atoms with Crippen LogP contribution in [0, 0.1) is 22.8 Å². The van der Waals surface area contributed by atoms with E-state index in [1.54, 1.807) is 14.0 Å². The van der Waals surface area contributed by atoms with Gasteiger partial charge in [-0.15, -0.1) is 0 Å². The van der Waals surface area contributed by atoms with Gasteiger partial charge < -0.3 is 14.8 Å². The van der Waals surface area contributed by atoms with Crippen molar-refractivity contribution in [3.8, 4) is 23.1 Å². The normalized spacial score (nSPS) is 10.1. The van der Waals surface area contributed by atoms with Crippen LogP contribution in [0.1, 0.15) is 16.8 Å². The van der Waals surface area contributed by atoms with Gasteiger partial charge in [-0.25, -0.2) is 0 Å². The first-order chi connectivity index (χ1) is 9.62. The molecule has 1 aromatic heterocycles. The standard InChI is InChI=1S/C15H14N2O2S/c1-9-12(7-16)15(20)13(8-18)14(17-9)10-3-5-11(19-2)6-4-10/h3-6,18H,8H2,1-2H3,(H,17,20). The number of ether oxygens (including phenoxy) is 1. The molecule has 102 valence electrons. The molecule has 2 rings (SSSR count). The summed E-state index contributed by atoms with van der Waals surface area (Å²) in [7, 11) is 1.60. The first-order valence-corrected chi connectivity index (χ1v) is 6.44.